The molecule has 1 rings (SSSR count). The van der Waals surface area contributed by atoms with Gasteiger partial charge < -0.3 is 9.47 Å². The largest absolute Gasteiger partial charge is 0.456 e. The smallest absolute Gasteiger partial charge is 0.333 e. The number of alkyl halides is 3. The highest BCUT2D eigenvalue weighted by Crippen LogP contribution is 2.46. The summed E-state index contributed by atoms with van der Waals surface area (Å²) in [4.78, 5) is 11.0. The van der Waals surface area contributed by atoms with Gasteiger partial charge in [0.05, 0.1) is 0 Å². The minimum atomic E-state index is -3.04. The van der Waals surface area contributed by atoms with Crippen molar-refractivity contribution in [3.8, 4) is 0 Å². The normalized spacial score (nSPS) is 31.2. The van der Waals surface area contributed by atoms with E-state index in [1.54, 1.807) is 0 Å². The van der Waals surface area contributed by atoms with Gasteiger partial charge in [-0.15, -0.1) is 0 Å². The van der Waals surface area contributed by atoms with Gasteiger partial charge in [0.25, 0.3) is 6.43 Å². The quantitative estimate of drug-likeness (QED) is 0.415. The lowest BCUT2D eigenvalue weighted by atomic mass is 10.1. The summed E-state index contributed by atoms with van der Waals surface area (Å²) in [6.07, 6.45) is -6.48. The van der Waals surface area contributed by atoms with Crippen LogP contribution in [0.4, 0.5) is 13.2 Å². The number of carbonyl (C=O) groups excluding carboxylic acids is 1. The minimum Gasteiger partial charge on any atom is -0.456 e. The number of rotatable bonds is 4. The maximum absolute atomic E-state index is 12.7. The summed E-state index contributed by atoms with van der Waals surface area (Å²) in [5, 5.41) is 0. The van der Waals surface area contributed by atoms with Crippen LogP contribution in [-0.2, 0) is 14.3 Å². The molecule has 6 heteroatoms. The van der Waals surface area contributed by atoms with Gasteiger partial charge in [-0.25, -0.2) is 18.0 Å². The molecule has 3 nitrogen and oxygen atoms in total. The van der Waals surface area contributed by atoms with E-state index in [1.165, 1.54) is 6.92 Å². The average Bonchev–Trinajstić information content (AvgIpc) is 2.78. The molecule has 1 fully saturated rings. The summed E-state index contributed by atoms with van der Waals surface area (Å²) in [6, 6.07) is 0. The number of halogens is 3. The van der Waals surface area contributed by atoms with Crippen molar-refractivity contribution in [2.24, 2.45) is 0 Å². The van der Waals surface area contributed by atoms with Crippen molar-refractivity contribution in [1.29, 1.82) is 0 Å². The second-order valence-electron chi connectivity index (χ2n) is 3.42. The Morgan fingerprint density at radius 1 is 1.60 bits per heavy atom. The molecule has 15 heavy (non-hydrogen) atoms. The number of hydrogen-bond donors (Lipinski definition) is 0. The van der Waals surface area contributed by atoms with E-state index in [0.717, 1.165) is 6.92 Å². The Hall–Kier alpha value is -1.04. The van der Waals surface area contributed by atoms with Crippen LogP contribution in [0.15, 0.2) is 12.2 Å². The Morgan fingerprint density at radius 2 is 2.07 bits per heavy atom. The molecule has 0 N–H and O–H groups in total. The van der Waals surface area contributed by atoms with Crippen molar-refractivity contribution in [3.05, 3.63) is 12.2 Å². The first-order valence-electron chi connectivity index (χ1n) is 4.29. The van der Waals surface area contributed by atoms with Gasteiger partial charge in [0, 0.05) is 5.57 Å². The van der Waals surface area contributed by atoms with Gasteiger partial charge in [-0.1, -0.05) is 6.58 Å². The minimum absolute atomic E-state index is 0.0577. The van der Waals surface area contributed by atoms with Gasteiger partial charge in [-0.2, -0.15) is 0 Å². The molecule has 0 spiro atoms. The van der Waals surface area contributed by atoms with E-state index in [4.69, 9.17) is 0 Å². The Kier molecular flexibility index (Phi) is 3.08. The summed E-state index contributed by atoms with van der Waals surface area (Å²) in [5.74, 6) is -0.842. The average molecular weight is 224 g/mol. The van der Waals surface area contributed by atoms with Gasteiger partial charge in [0.2, 0.25) is 12.0 Å². The molecule has 0 saturated carbocycles. The highest BCUT2D eigenvalue weighted by Gasteiger charge is 2.70. The second-order valence-corrected chi connectivity index (χ2v) is 3.42. The lowest BCUT2D eigenvalue weighted by Crippen LogP contribution is -2.39. The predicted octanol–water partition coefficient (Wildman–Crippen LogP) is 1.82. The molecule has 1 aliphatic heterocycles. The summed E-state index contributed by atoms with van der Waals surface area (Å²) in [7, 11) is 0. The fraction of sp³-hybridized carbons (Fsp3) is 0.667. The third-order valence-electron chi connectivity index (χ3n) is 2.21. The maximum atomic E-state index is 12.7. The first-order chi connectivity index (χ1) is 6.82. The first-order valence-corrected chi connectivity index (χ1v) is 4.29. The van der Waals surface area contributed by atoms with Crippen molar-refractivity contribution in [3.63, 3.8) is 0 Å². The van der Waals surface area contributed by atoms with Crippen molar-refractivity contribution in [1.82, 2.24) is 0 Å². The van der Waals surface area contributed by atoms with Crippen LogP contribution < -0.4 is 0 Å². The van der Waals surface area contributed by atoms with Crippen LogP contribution >= 0.6 is 0 Å². The Morgan fingerprint density at radius 3 is 2.33 bits per heavy atom. The summed E-state index contributed by atoms with van der Waals surface area (Å²) >= 11 is 0. The second kappa shape index (κ2) is 3.84. The fourth-order valence-electron chi connectivity index (χ4n) is 1.11. The number of carbonyl (C=O) groups is 1. The summed E-state index contributed by atoms with van der Waals surface area (Å²) in [5.41, 5.74) is -2.24. The highest BCUT2D eigenvalue weighted by molar-refractivity contribution is 5.87. The molecule has 1 heterocycles. The number of esters is 1. The van der Waals surface area contributed by atoms with Gasteiger partial charge >= 0.3 is 5.97 Å². The Bertz CT molecular complexity index is 292. The molecule has 3 atom stereocenters. The van der Waals surface area contributed by atoms with E-state index < -0.39 is 30.5 Å². The third-order valence-corrected chi connectivity index (χ3v) is 2.21. The zero-order chi connectivity index (χ0) is 11.8. The third kappa shape index (κ3) is 1.99. The molecule has 86 valence electrons. The molecular formula is C9H11F3O3. The van der Waals surface area contributed by atoms with Crippen LogP contribution in [0.5, 0.6) is 0 Å². The van der Waals surface area contributed by atoms with Crippen LogP contribution in [0.2, 0.25) is 0 Å². The van der Waals surface area contributed by atoms with Gasteiger partial charge in [0.1, 0.15) is 6.10 Å². The zero-order valence-electron chi connectivity index (χ0n) is 8.30. The van der Waals surface area contributed by atoms with E-state index in [2.05, 4.69) is 16.1 Å². The number of ether oxygens (including phenoxy) is 2. The van der Waals surface area contributed by atoms with Gasteiger partial charge in [-0.05, 0) is 13.8 Å². The van der Waals surface area contributed by atoms with Crippen molar-refractivity contribution >= 4 is 5.97 Å². The Labute approximate surface area is 84.8 Å². The van der Waals surface area contributed by atoms with Crippen LogP contribution in [0.1, 0.15) is 13.8 Å². The maximum Gasteiger partial charge on any atom is 0.333 e. The topological polar surface area (TPSA) is 38.8 Å². The predicted molar refractivity (Wildman–Crippen MR) is 45.1 cm³/mol. The van der Waals surface area contributed by atoms with Crippen LogP contribution in [0, 0.1) is 0 Å². The molecule has 0 amide bonds. The van der Waals surface area contributed by atoms with Crippen LogP contribution in [0.25, 0.3) is 0 Å². The summed E-state index contributed by atoms with van der Waals surface area (Å²) in [6.45, 7) is 5.80. The van der Waals surface area contributed by atoms with E-state index in [9.17, 15) is 18.0 Å². The fourth-order valence-corrected chi connectivity index (χ4v) is 1.11. The van der Waals surface area contributed by atoms with Crippen molar-refractivity contribution in [2.75, 3.05) is 0 Å². The molecule has 0 aliphatic carbocycles. The molecule has 0 aromatic heterocycles. The molecule has 0 aromatic carbocycles. The van der Waals surface area contributed by atoms with Crippen LogP contribution in [0.3, 0.4) is 0 Å². The Balaban J connectivity index is 2.65. The van der Waals surface area contributed by atoms with E-state index in [-0.39, 0.29) is 5.57 Å². The van der Waals surface area contributed by atoms with Gasteiger partial charge in [-0.3, -0.25) is 0 Å². The zero-order valence-corrected chi connectivity index (χ0v) is 8.30. The van der Waals surface area contributed by atoms with Gasteiger partial charge in [0.15, 0.2) is 0 Å². The van der Waals surface area contributed by atoms with Crippen molar-refractivity contribution in [2.45, 2.75) is 38.3 Å². The molecule has 3 unspecified atom stereocenters. The van der Waals surface area contributed by atoms with E-state index >= 15 is 0 Å². The molecule has 0 bridgehead atoms. The summed E-state index contributed by atoms with van der Waals surface area (Å²) < 4.78 is 46.3. The lowest BCUT2D eigenvalue weighted by molar-refractivity contribution is -0.150. The SMILES string of the molecule is C=C(C)C(=O)OC(C)C1(C(F)F)OC1F. The molecule has 1 aliphatic rings. The van der Waals surface area contributed by atoms with Crippen LogP contribution in [-0.4, -0.2) is 30.5 Å². The number of hydrogen-bond acceptors (Lipinski definition) is 3. The standard InChI is InChI=1S/C9H11F3O3/c1-4(2)6(13)14-5(3)9(7(10)11)8(12)15-9/h5,7-8H,1H2,2-3H3. The highest BCUT2D eigenvalue weighted by atomic mass is 19.3. The van der Waals surface area contributed by atoms with Crippen molar-refractivity contribution < 1.29 is 27.4 Å². The number of epoxide rings is 1. The lowest BCUT2D eigenvalue weighted by Gasteiger charge is -2.19. The molecule has 1 saturated heterocycles. The molecule has 0 radical (unpaired) electrons. The van der Waals surface area contributed by atoms with E-state index in [1.807, 2.05) is 0 Å². The monoisotopic (exact) mass is 224 g/mol. The molecular weight excluding hydrogens is 213 g/mol. The first kappa shape index (κ1) is 12.0. The van der Waals surface area contributed by atoms with E-state index in [0.29, 0.717) is 0 Å². The molecule has 0 aromatic rings.